The van der Waals surface area contributed by atoms with Gasteiger partial charge in [0.25, 0.3) is 0 Å². The summed E-state index contributed by atoms with van der Waals surface area (Å²) in [5.41, 5.74) is 1.45. The van der Waals surface area contributed by atoms with Gasteiger partial charge in [0.15, 0.2) is 0 Å². The van der Waals surface area contributed by atoms with Gasteiger partial charge in [-0.3, -0.25) is 9.59 Å². The third kappa shape index (κ3) is 4.94. The first-order valence-corrected chi connectivity index (χ1v) is 10.2. The molecule has 0 radical (unpaired) electrons. The fraction of sp³-hybridized carbons (Fsp3) is 0.318. The van der Waals surface area contributed by atoms with Crippen molar-refractivity contribution in [1.82, 2.24) is 10.2 Å². The number of phenols is 1. The highest BCUT2D eigenvalue weighted by molar-refractivity contribution is 7.81. The number of thiol groups is 1. The number of nitrogens with one attached hydrogen (secondary N) is 1. The van der Waals surface area contributed by atoms with E-state index in [0.29, 0.717) is 18.4 Å². The number of hydrogen-bond acceptors (Lipinski definition) is 5. The zero-order valence-electron chi connectivity index (χ0n) is 16.3. The number of benzene rings is 2. The van der Waals surface area contributed by atoms with Crippen LogP contribution in [0.25, 0.3) is 0 Å². The van der Waals surface area contributed by atoms with Crippen molar-refractivity contribution in [2.75, 3.05) is 6.54 Å². The molecule has 3 rings (SSSR count). The molecule has 1 heterocycles. The van der Waals surface area contributed by atoms with Crippen LogP contribution in [0, 0.1) is 0 Å². The minimum absolute atomic E-state index is 0.00802. The molecule has 1 aliphatic rings. The second-order valence-corrected chi connectivity index (χ2v) is 7.85. The molecule has 0 aliphatic carbocycles. The summed E-state index contributed by atoms with van der Waals surface area (Å²) in [7, 11) is 0. The number of carbonyl (C=O) groups is 3. The quantitative estimate of drug-likeness (QED) is 0.506. The van der Waals surface area contributed by atoms with E-state index in [9.17, 15) is 24.6 Å². The zero-order chi connectivity index (χ0) is 21.7. The van der Waals surface area contributed by atoms with Crippen LogP contribution in [0.4, 0.5) is 0 Å². The van der Waals surface area contributed by atoms with Crippen molar-refractivity contribution in [3.8, 4) is 5.75 Å². The topological polar surface area (TPSA) is 107 Å². The van der Waals surface area contributed by atoms with E-state index in [-0.39, 0.29) is 18.7 Å². The molecule has 2 aromatic rings. The molecular formula is C22H24N2O5S. The van der Waals surface area contributed by atoms with Crippen LogP contribution in [0.5, 0.6) is 5.75 Å². The molecule has 3 atom stereocenters. The molecule has 0 bridgehead atoms. The normalized spacial score (nSPS) is 19.3. The Labute approximate surface area is 180 Å². The van der Waals surface area contributed by atoms with Crippen LogP contribution in [0.15, 0.2) is 54.6 Å². The molecule has 1 fully saturated rings. The molecule has 0 unspecified atom stereocenters. The lowest BCUT2D eigenvalue weighted by molar-refractivity contribution is -0.149. The molecule has 0 spiro atoms. The van der Waals surface area contributed by atoms with Crippen molar-refractivity contribution in [2.24, 2.45) is 0 Å². The van der Waals surface area contributed by atoms with Gasteiger partial charge in [-0.1, -0.05) is 48.5 Å². The van der Waals surface area contributed by atoms with Crippen LogP contribution in [0.3, 0.4) is 0 Å². The Morgan fingerprint density at radius 3 is 2.40 bits per heavy atom. The number of likely N-dealkylation sites (tertiary alicyclic amines) is 1. The van der Waals surface area contributed by atoms with Gasteiger partial charge in [-0.2, -0.15) is 12.6 Å². The Kier molecular flexibility index (Phi) is 6.99. The number of rotatable bonds is 7. The SMILES string of the molecule is O=C(NCC(=O)N1[C@@H](c2ccccc2O)CC[C@H]1C(=O)O)[C@@H](S)Cc1ccccc1. The molecule has 0 saturated carbocycles. The Balaban J connectivity index is 1.67. The fourth-order valence-corrected chi connectivity index (χ4v) is 4.08. The van der Waals surface area contributed by atoms with Crippen molar-refractivity contribution in [2.45, 2.75) is 36.6 Å². The number of phenolic OH excluding ortho intramolecular Hbond substituents is 1. The predicted molar refractivity (Wildman–Crippen MR) is 114 cm³/mol. The van der Waals surface area contributed by atoms with Crippen LogP contribution >= 0.6 is 12.6 Å². The molecule has 1 saturated heterocycles. The average Bonchev–Trinajstić information content (AvgIpc) is 3.18. The highest BCUT2D eigenvalue weighted by Gasteiger charge is 2.42. The standard InChI is InChI=1S/C22H24N2O5S/c25-18-9-5-4-8-15(18)16-10-11-17(22(28)29)24(16)20(26)13-23-21(27)19(30)12-14-6-2-1-3-7-14/h1-9,16-17,19,25,30H,10-13H2,(H,23,27)(H,28,29)/t16-,17+,19+/m1/s1. The number of carboxylic acid groups (broad SMARTS) is 1. The van der Waals surface area contributed by atoms with Gasteiger partial charge in [-0.15, -0.1) is 0 Å². The number of aromatic hydroxyl groups is 1. The van der Waals surface area contributed by atoms with E-state index in [4.69, 9.17) is 0 Å². The number of carboxylic acids is 1. The molecular weight excluding hydrogens is 404 g/mol. The molecule has 2 aromatic carbocycles. The van der Waals surface area contributed by atoms with E-state index in [0.717, 1.165) is 5.56 Å². The summed E-state index contributed by atoms with van der Waals surface area (Å²) in [4.78, 5) is 38.2. The molecule has 2 amide bonds. The minimum atomic E-state index is -1.11. The van der Waals surface area contributed by atoms with Gasteiger partial charge in [0.1, 0.15) is 11.8 Å². The highest BCUT2D eigenvalue weighted by atomic mass is 32.1. The first-order chi connectivity index (χ1) is 14.4. The van der Waals surface area contributed by atoms with Crippen molar-refractivity contribution in [1.29, 1.82) is 0 Å². The van der Waals surface area contributed by atoms with Crippen molar-refractivity contribution in [3.05, 3.63) is 65.7 Å². The van der Waals surface area contributed by atoms with Crippen LogP contribution < -0.4 is 5.32 Å². The van der Waals surface area contributed by atoms with Gasteiger partial charge in [0.05, 0.1) is 17.8 Å². The van der Waals surface area contributed by atoms with E-state index in [1.165, 1.54) is 11.0 Å². The maximum atomic E-state index is 12.9. The minimum Gasteiger partial charge on any atom is -0.508 e. The van der Waals surface area contributed by atoms with Crippen LogP contribution in [0.1, 0.15) is 30.0 Å². The summed E-state index contributed by atoms with van der Waals surface area (Å²) in [6, 6.07) is 14.4. The largest absolute Gasteiger partial charge is 0.508 e. The Bertz CT molecular complexity index is 921. The maximum absolute atomic E-state index is 12.9. The molecule has 30 heavy (non-hydrogen) atoms. The molecule has 1 aliphatic heterocycles. The van der Waals surface area contributed by atoms with E-state index < -0.39 is 35.1 Å². The summed E-state index contributed by atoms with van der Waals surface area (Å²) in [6.07, 6.45) is 1.10. The van der Waals surface area contributed by atoms with Crippen molar-refractivity contribution in [3.63, 3.8) is 0 Å². The second-order valence-electron chi connectivity index (χ2n) is 7.23. The van der Waals surface area contributed by atoms with Gasteiger partial charge < -0.3 is 20.4 Å². The van der Waals surface area contributed by atoms with E-state index in [1.54, 1.807) is 18.2 Å². The number of carbonyl (C=O) groups excluding carboxylic acids is 2. The summed E-state index contributed by atoms with van der Waals surface area (Å²) < 4.78 is 0. The summed E-state index contributed by atoms with van der Waals surface area (Å²) in [5.74, 6) is -2.01. The zero-order valence-corrected chi connectivity index (χ0v) is 17.2. The summed E-state index contributed by atoms with van der Waals surface area (Å²) in [6.45, 7) is -0.335. The second kappa shape index (κ2) is 9.67. The number of para-hydroxylation sites is 1. The molecule has 7 nitrogen and oxygen atoms in total. The van der Waals surface area contributed by atoms with Crippen LogP contribution in [-0.4, -0.2) is 50.7 Å². The smallest absolute Gasteiger partial charge is 0.326 e. The van der Waals surface area contributed by atoms with Gasteiger partial charge in [0, 0.05) is 5.56 Å². The van der Waals surface area contributed by atoms with E-state index >= 15 is 0 Å². The fourth-order valence-electron chi connectivity index (χ4n) is 3.78. The molecule has 3 N–H and O–H groups in total. The first-order valence-electron chi connectivity index (χ1n) is 9.70. The Morgan fingerprint density at radius 2 is 1.73 bits per heavy atom. The number of amides is 2. The maximum Gasteiger partial charge on any atom is 0.326 e. The number of aliphatic carboxylic acids is 1. The highest BCUT2D eigenvalue weighted by Crippen LogP contribution is 2.39. The lowest BCUT2D eigenvalue weighted by atomic mass is 10.0. The van der Waals surface area contributed by atoms with Crippen LogP contribution in [0.2, 0.25) is 0 Å². The Morgan fingerprint density at radius 1 is 1.07 bits per heavy atom. The van der Waals surface area contributed by atoms with Crippen molar-refractivity contribution >= 4 is 30.4 Å². The third-order valence-electron chi connectivity index (χ3n) is 5.24. The number of hydrogen-bond donors (Lipinski definition) is 4. The third-order valence-corrected chi connectivity index (χ3v) is 5.66. The predicted octanol–water partition coefficient (Wildman–Crippen LogP) is 2.17. The van der Waals surface area contributed by atoms with E-state index in [1.807, 2.05) is 30.3 Å². The monoisotopic (exact) mass is 428 g/mol. The van der Waals surface area contributed by atoms with Crippen molar-refractivity contribution < 1.29 is 24.6 Å². The van der Waals surface area contributed by atoms with Gasteiger partial charge in [-0.05, 0) is 30.9 Å². The van der Waals surface area contributed by atoms with Crippen LogP contribution in [-0.2, 0) is 20.8 Å². The molecule has 158 valence electrons. The lowest BCUT2D eigenvalue weighted by Gasteiger charge is -2.29. The van der Waals surface area contributed by atoms with Gasteiger partial charge >= 0.3 is 5.97 Å². The van der Waals surface area contributed by atoms with Gasteiger partial charge in [0.2, 0.25) is 11.8 Å². The molecule has 8 heteroatoms. The lowest BCUT2D eigenvalue weighted by Crippen LogP contribution is -2.47. The molecule has 0 aromatic heterocycles. The van der Waals surface area contributed by atoms with Gasteiger partial charge in [-0.25, -0.2) is 4.79 Å². The number of nitrogens with zero attached hydrogens (tertiary/aromatic N) is 1. The summed E-state index contributed by atoms with van der Waals surface area (Å²) in [5, 5.41) is 21.6. The first kappa shape index (κ1) is 21.7. The van der Waals surface area contributed by atoms with E-state index in [2.05, 4.69) is 17.9 Å². The Hall–Kier alpha value is -3.00. The average molecular weight is 429 g/mol. The summed E-state index contributed by atoms with van der Waals surface area (Å²) >= 11 is 4.32.